The van der Waals surface area contributed by atoms with Gasteiger partial charge >= 0.3 is 172 Å². The van der Waals surface area contributed by atoms with Crippen LogP contribution in [0, 0.1) is 0 Å². The molecule has 3 rings (SSSR count). The molecule has 0 aromatic heterocycles. The van der Waals surface area contributed by atoms with E-state index in [1.54, 1.807) is 0 Å². The van der Waals surface area contributed by atoms with Gasteiger partial charge in [-0.15, -0.1) is 0 Å². The summed E-state index contributed by atoms with van der Waals surface area (Å²) in [6, 6.07) is 33.1. The number of benzene rings is 3. The first-order valence-corrected chi connectivity index (χ1v) is 14.3. The van der Waals surface area contributed by atoms with E-state index in [4.69, 9.17) is 0 Å². The Morgan fingerprint density at radius 3 is 1.31 bits per heavy atom. The Morgan fingerprint density at radius 1 is 0.577 bits per heavy atom. The van der Waals surface area contributed by atoms with Gasteiger partial charge in [-0.1, -0.05) is 0 Å². The Kier molecular flexibility index (Phi) is 6.61. The molecular formula is C23H26BrPS. The second-order valence-corrected chi connectivity index (χ2v) is 16.2. The number of rotatable bonds is 8. The number of unbranched alkanes of at least 4 members (excludes halogenated alkanes) is 2. The van der Waals surface area contributed by atoms with Crippen LogP contribution in [-0.4, -0.2) is 11.9 Å². The Hall–Kier alpha value is -1.08. The minimum absolute atomic E-state index is 0.959. The van der Waals surface area contributed by atoms with E-state index in [-0.39, 0.29) is 0 Å². The zero-order valence-corrected chi connectivity index (χ0v) is 18.3. The van der Waals surface area contributed by atoms with Crippen LogP contribution in [0.4, 0.5) is 0 Å². The number of hydrogen-bond donors (Lipinski definition) is 1. The fourth-order valence-electron chi connectivity index (χ4n) is 3.75. The van der Waals surface area contributed by atoms with Gasteiger partial charge in [0, 0.05) is 0 Å². The van der Waals surface area contributed by atoms with Gasteiger partial charge < -0.3 is 0 Å². The molecule has 0 atom stereocenters. The molecule has 0 bridgehead atoms. The van der Waals surface area contributed by atoms with Crippen LogP contribution in [-0.2, 0) is 0 Å². The summed E-state index contributed by atoms with van der Waals surface area (Å²) in [5, 5.41) is 1.52. The number of hydrogen-bond acceptors (Lipinski definition) is 1. The van der Waals surface area contributed by atoms with Crippen LogP contribution in [0.25, 0.3) is 0 Å². The van der Waals surface area contributed by atoms with E-state index in [1.807, 2.05) is 0 Å². The summed E-state index contributed by atoms with van der Waals surface area (Å²) in [6.45, 7) is 0. The van der Waals surface area contributed by atoms with E-state index < -0.39 is 5.31 Å². The number of halogens is 1. The second kappa shape index (κ2) is 8.74. The zero-order chi connectivity index (χ0) is 18.3. The summed E-state index contributed by atoms with van der Waals surface area (Å²) in [4.78, 5) is 0. The van der Waals surface area contributed by atoms with E-state index in [0.29, 0.717) is 0 Å². The molecule has 0 heterocycles. The summed E-state index contributed by atoms with van der Waals surface area (Å²) in [5.74, 6) is 0.959. The molecule has 3 heteroatoms. The first kappa shape index (κ1) is 19.7. The van der Waals surface area contributed by atoms with Crippen molar-refractivity contribution in [2.45, 2.75) is 19.3 Å². The number of thiol groups is 1. The molecule has 0 nitrogen and oxygen atoms in total. The fraction of sp³-hybridized carbons (Fsp3) is 0.217. The molecule has 0 saturated heterocycles. The predicted octanol–water partition coefficient (Wildman–Crippen LogP) is 5.93. The van der Waals surface area contributed by atoms with Gasteiger partial charge in [0.1, 0.15) is 0 Å². The van der Waals surface area contributed by atoms with E-state index in [9.17, 15) is 0 Å². The third-order valence-electron chi connectivity index (χ3n) is 5.12. The second-order valence-electron chi connectivity index (χ2n) is 6.70. The van der Waals surface area contributed by atoms with Crippen molar-refractivity contribution in [2.24, 2.45) is 0 Å². The molecule has 0 fully saturated rings. The first-order chi connectivity index (χ1) is 12.7. The van der Waals surface area contributed by atoms with Crippen LogP contribution in [0.15, 0.2) is 91.0 Å². The van der Waals surface area contributed by atoms with Crippen molar-refractivity contribution >= 4 is 49.3 Å². The molecule has 3 aromatic rings. The fourth-order valence-corrected chi connectivity index (χ4v) is 11.7. The van der Waals surface area contributed by atoms with Crippen LogP contribution in [0.1, 0.15) is 19.3 Å². The molecular weight excluding hydrogens is 419 g/mol. The molecule has 26 heavy (non-hydrogen) atoms. The van der Waals surface area contributed by atoms with Crippen molar-refractivity contribution < 1.29 is 0 Å². The summed E-state index contributed by atoms with van der Waals surface area (Å²) in [7, 11) is 0. The van der Waals surface area contributed by atoms with Crippen LogP contribution >= 0.6 is 33.4 Å². The third-order valence-corrected chi connectivity index (χ3v) is 15.5. The molecule has 0 unspecified atom stereocenters. The summed E-state index contributed by atoms with van der Waals surface area (Å²) < 4.78 is 0. The van der Waals surface area contributed by atoms with Gasteiger partial charge in [0.05, 0.1) is 0 Å². The molecule has 0 N–H and O–H groups in total. The van der Waals surface area contributed by atoms with Crippen molar-refractivity contribution in [3.05, 3.63) is 91.0 Å². The predicted molar refractivity (Wildman–Crippen MR) is 127 cm³/mol. The van der Waals surface area contributed by atoms with Crippen LogP contribution in [0.2, 0.25) is 0 Å². The Morgan fingerprint density at radius 2 is 0.962 bits per heavy atom. The molecule has 0 aliphatic heterocycles. The summed E-state index contributed by atoms with van der Waals surface area (Å²) >= 11 is 8.88. The van der Waals surface area contributed by atoms with Gasteiger partial charge in [-0.25, -0.2) is 0 Å². The van der Waals surface area contributed by atoms with Crippen LogP contribution in [0.3, 0.4) is 0 Å². The maximum atomic E-state index is 4.48. The molecule has 0 saturated carbocycles. The van der Waals surface area contributed by atoms with Gasteiger partial charge in [-0.05, 0) is 0 Å². The minimum atomic E-state index is -2.70. The molecule has 0 aliphatic rings. The van der Waals surface area contributed by atoms with Gasteiger partial charge in [0.15, 0.2) is 0 Å². The monoisotopic (exact) mass is 444 g/mol. The van der Waals surface area contributed by atoms with Crippen molar-refractivity contribution in [1.82, 2.24) is 0 Å². The normalized spacial score (nSPS) is 13.1. The van der Waals surface area contributed by atoms with E-state index in [0.717, 1.165) is 11.9 Å². The molecule has 0 aliphatic carbocycles. The van der Waals surface area contributed by atoms with Gasteiger partial charge in [0.2, 0.25) is 0 Å². The van der Waals surface area contributed by atoms with E-state index in [1.165, 1.54) is 35.2 Å². The van der Waals surface area contributed by atoms with Crippen LogP contribution < -0.4 is 15.9 Å². The van der Waals surface area contributed by atoms with Crippen molar-refractivity contribution in [1.29, 1.82) is 0 Å². The Bertz CT molecular complexity index is 706. The summed E-state index contributed by atoms with van der Waals surface area (Å²) in [5.41, 5.74) is 0. The van der Waals surface area contributed by atoms with Gasteiger partial charge in [0.25, 0.3) is 0 Å². The van der Waals surface area contributed by atoms with Crippen LogP contribution in [0.5, 0.6) is 0 Å². The average Bonchev–Trinajstić information content (AvgIpc) is 2.73. The third kappa shape index (κ3) is 3.65. The van der Waals surface area contributed by atoms with Crippen molar-refractivity contribution in [2.75, 3.05) is 11.9 Å². The topological polar surface area (TPSA) is 0 Å². The zero-order valence-electron chi connectivity index (χ0n) is 15.0. The van der Waals surface area contributed by atoms with Crippen molar-refractivity contribution in [3.63, 3.8) is 0 Å². The quantitative estimate of drug-likeness (QED) is 0.248. The Balaban J connectivity index is 2.24. The SMILES string of the molecule is SCCCCCP(Br)(c1ccccc1)(c1ccccc1)c1ccccc1. The van der Waals surface area contributed by atoms with Gasteiger partial charge in [-0.2, -0.15) is 0 Å². The van der Waals surface area contributed by atoms with Crippen molar-refractivity contribution in [3.8, 4) is 0 Å². The maximum absolute atomic E-state index is 4.48. The molecule has 0 amide bonds. The first-order valence-electron chi connectivity index (χ1n) is 9.20. The molecule has 136 valence electrons. The molecule has 0 radical (unpaired) electrons. The molecule has 0 spiro atoms. The molecule has 3 aromatic carbocycles. The van der Waals surface area contributed by atoms with Gasteiger partial charge in [-0.3, -0.25) is 0 Å². The van der Waals surface area contributed by atoms with E-state index in [2.05, 4.69) is 119 Å². The Labute approximate surface area is 171 Å². The average molecular weight is 445 g/mol. The van der Waals surface area contributed by atoms with E-state index >= 15 is 0 Å². The summed E-state index contributed by atoms with van der Waals surface area (Å²) in [6.07, 6.45) is 4.68. The standard InChI is InChI=1S/C23H26BrPS/c24-25(19-11-4-12-20-26,21-13-5-1-6-14-21,22-15-7-2-8-16-22)23-17-9-3-10-18-23/h1-3,5-10,13-18,26H,4,11-12,19-20H2.